The maximum absolute atomic E-state index is 11.6. The first-order valence-corrected chi connectivity index (χ1v) is 14.4. The third-order valence-electron chi connectivity index (χ3n) is 7.71. The lowest BCUT2D eigenvalue weighted by molar-refractivity contribution is -0.256. The van der Waals surface area contributed by atoms with E-state index in [4.69, 9.17) is 33.2 Å². The molecule has 0 spiro atoms. The Kier molecular flexibility index (Phi) is 9.29. The van der Waals surface area contributed by atoms with Crippen LogP contribution in [0.25, 0.3) is 0 Å². The van der Waals surface area contributed by atoms with Crippen molar-refractivity contribution in [1.82, 2.24) is 0 Å². The monoisotopic (exact) mass is 556 g/mol. The molecule has 5 rings (SSSR count). The fraction of sp³-hybridized carbons (Fsp3) is 0.625. The molecule has 0 bridgehead atoms. The van der Waals surface area contributed by atoms with Gasteiger partial charge in [-0.05, 0) is 31.9 Å². The van der Waals surface area contributed by atoms with Crippen molar-refractivity contribution in [3.05, 3.63) is 71.8 Å². The topological polar surface area (TPSA) is 84.8 Å². The van der Waals surface area contributed by atoms with Crippen LogP contribution in [0.2, 0.25) is 0 Å². The predicted octanol–water partition coefficient (Wildman–Crippen LogP) is 4.79. The van der Waals surface area contributed by atoms with Crippen LogP contribution in [-0.4, -0.2) is 73.6 Å². The average Bonchev–Trinajstić information content (AvgIpc) is 3.27. The van der Waals surface area contributed by atoms with Gasteiger partial charge in [0.05, 0.1) is 32.5 Å². The van der Waals surface area contributed by atoms with Crippen molar-refractivity contribution in [3.8, 4) is 0 Å². The summed E-state index contributed by atoms with van der Waals surface area (Å²) < 4.78 is 44.0. The Hall–Kier alpha value is -1.88. The van der Waals surface area contributed by atoms with Gasteiger partial charge in [-0.15, -0.1) is 0 Å². The van der Waals surface area contributed by atoms with Gasteiger partial charge in [0.15, 0.2) is 12.1 Å². The zero-order chi connectivity index (χ0) is 28.3. The molecular weight excluding hydrogens is 512 g/mol. The van der Waals surface area contributed by atoms with Crippen molar-refractivity contribution >= 4 is 0 Å². The van der Waals surface area contributed by atoms with Gasteiger partial charge in [-0.2, -0.15) is 0 Å². The second-order valence-corrected chi connectivity index (χ2v) is 12.3. The minimum absolute atomic E-state index is 0.00558. The summed E-state index contributed by atoms with van der Waals surface area (Å²) in [5.74, 6) is -0.883. The highest BCUT2D eigenvalue weighted by molar-refractivity contribution is 5.18. The molecule has 1 aliphatic carbocycles. The number of fused-ring (bicyclic) bond motifs is 1. The quantitative estimate of drug-likeness (QED) is 0.447. The van der Waals surface area contributed by atoms with E-state index in [1.165, 1.54) is 0 Å². The summed E-state index contributed by atoms with van der Waals surface area (Å²) in [6.45, 7) is 11.9. The highest BCUT2D eigenvalue weighted by atomic mass is 16.8. The van der Waals surface area contributed by atoms with Crippen molar-refractivity contribution in [2.24, 2.45) is 5.41 Å². The van der Waals surface area contributed by atoms with Crippen molar-refractivity contribution in [3.63, 3.8) is 0 Å². The molecule has 0 unspecified atom stereocenters. The average molecular weight is 557 g/mol. The zero-order valence-electron chi connectivity index (χ0n) is 24.2. The Balaban J connectivity index is 1.37. The van der Waals surface area contributed by atoms with Gasteiger partial charge in [-0.3, -0.25) is 0 Å². The normalized spacial score (nSPS) is 32.5. The largest absolute Gasteiger partial charge is 0.387 e. The number of benzene rings is 2. The summed E-state index contributed by atoms with van der Waals surface area (Å²) >= 11 is 0. The summed E-state index contributed by atoms with van der Waals surface area (Å²) in [5, 5.41) is 11.6. The molecule has 2 heterocycles. The minimum atomic E-state index is -0.983. The number of aliphatic hydroxyl groups excluding tert-OH is 1. The molecule has 0 aromatic heterocycles. The summed E-state index contributed by atoms with van der Waals surface area (Å²) in [5.41, 5.74) is 2.05. The molecule has 2 aliphatic heterocycles. The van der Waals surface area contributed by atoms with Crippen LogP contribution in [0.4, 0.5) is 0 Å². The maximum Gasteiger partial charge on any atom is 0.164 e. The third-order valence-corrected chi connectivity index (χ3v) is 7.71. The highest BCUT2D eigenvalue weighted by Crippen LogP contribution is 2.42. The molecule has 7 atom stereocenters. The maximum atomic E-state index is 11.6. The molecule has 0 radical (unpaired) electrons. The minimum Gasteiger partial charge on any atom is -0.387 e. The van der Waals surface area contributed by atoms with Crippen LogP contribution in [0.3, 0.4) is 0 Å². The number of hydrogen-bond donors (Lipinski definition) is 1. The Morgan fingerprint density at radius 1 is 0.825 bits per heavy atom. The summed E-state index contributed by atoms with van der Waals surface area (Å²) in [7, 11) is 0. The van der Waals surface area contributed by atoms with E-state index >= 15 is 0 Å². The van der Waals surface area contributed by atoms with Crippen LogP contribution in [0, 0.1) is 5.41 Å². The van der Waals surface area contributed by atoms with Gasteiger partial charge < -0.3 is 38.3 Å². The Labute approximate surface area is 237 Å². The summed E-state index contributed by atoms with van der Waals surface area (Å²) in [6.07, 6.45) is -4.12. The molecule has 2 saturated heterocycles. The number of hydrogen-bond acceptors (Lipinski definition) is 8. The molecule has 3 fully saturated rings. The molecule has 220 valence electrons. The SMILES string of the molecule is C[C@@H](O[C@@H]1[C@@H](OCc2ccccc2)[C@@H]2OC(C)(C)O[C@@H]2[C@H](O)[C@H]1OCCC1OCC(C)(C)CO1)c1ccccc1. The summed E-state index contributed by atoms with van der Waals surface area (Å²) in [6, 6.07) is 20.0. The molecule has 1 saturated carbocycles. The van der Waals surface area contributed by atoms with E-state index in [0.717, 1.165) is 11.1 Å². The second kappa shape index (κ2) is 12.5. The standard InChI is InChI=1S/C32H44O8/c1-21(23-14-10-7-11-15-23)38-29-26(34-17-16-24-36-19-31(2,3)20-37-24)25(33)27-30(40-32(4,5)39-27)28(29)35-18-22-12-8-6-9-13-22/h6-15,21,24-30,33H,16-20H2,1-5H3/t21-,25-,26-,27-,28-,29+,30-/m1/s1. The first-order valence-electron chi connectivity index (χ1n) is 14.4. The van der Waals surface area contributed by atoms with Crippen LogP contribution in [0.15, 0.2) is 60.7 Å². The fourth-order valence-electron chi connectivity index (χ4n) is 5.63. The molecule has 40 heavy (non-hydrogen) atoms. The lowest BCUT2D eigenvalue weighted by atomic mass is 9.84. The van der Waals surface area contributed by atoms with Gasteiger partial charge in [0, 0.05) is 11.8 Å². The zero-order valence-corrected chi connectivity index (χ0v) is 24.2. The van der Waals surface area contributed by atoms with Crippen LogP contribution in [0.5, 0.6) is 0 Å². The first-order chi connectivity index (χ1) is 19.1. The molecule has 1 N–H and O–H groups in total. The third kappa shape index (κ3) is 7.12. The number of ether oxygens (including phenoxy) is 7. The Morgan fingerprint density at radius 2 is 1.45 bits per heavy atom. The smallest absolute Gasteiger partial charge is 0.164 e. The molecule has 2 aromatic rings. The molecule has 8 heteroatoms. The van der Waals surface area contributed by atoms with Crippen LogP contribution < -0.4 is 0 Å². The second-order valence-electron chi connectivity index (χ2n) is 12.3. The molecular formula is C32H44O8. The van der Waals surface area contributed by atoms with Crippen LogP contribution >= 0.6 is 0 Å². The molecule has 0 amide bonds. The van der Waals surface area contributed by atoms with Gasteiger partial charge in [0.2, 0.25) is 0 Å². The fourth-order valence-corrected chi connectivity index (χ4v) is 5.63. The predicted molar refractivity (Wildman–Crippen MR) is 148 cm³/mol. The molecule has 8 nitrogen and oxygen atoms in total. The number of rotatable bonds is 10. The van der Waals surface area contributed by atoms with E-state index in [9.17, 15) is 5.11 Å². The van der Waals surface area contributed by atoms with Crippen LogP contribution in [-0.2, 0) is 39.8 Å². The van der Waals surface area contributed by atoms with Gasteiger partial charge in [0.1, 0.15) is 36.6 Å². The van der Waals surface area contributed by atoms with E-state index in [0.29, 0.717) is 32.8 Å². The van der Waals surface area contributed by atoms with Gasteiger partial charge in [-0.25, -0.2) is 0 Å². The van der Waals surface area contributed by atoms with Crippen LogP contribution in [0.1, 0.15) is 58.3 Å². The van der Waals surface area contributed by atoms with Gasteiger partial charge in [0.25, 0.3) is 0 Å². The Morgan fingerprint density at radius 3 is 2.12 bits per heavy atom. The van der Waals surface area contributed by atoms with Crippen molar-refractivity contribution in [1.29, 1.82) is 0 Å². The van der Waals surface area contributed by atoms with Gasteiger partial charge in [-0.1, -0.05) is 74.5 Å². The molecule has 2 aromatic carbocycles. The lowest BCUT2D eigenvalue weighted by Gasteiger charge is -2.46. The summed E-state index contributed by atoms with van der Waals surface area (Å²) in [4.78, 5) is 0. The highest BCUT2D eigenvalue weighted by Gasteiger charge is 2.59. The van der Waals surface area contributed by atoms with E-state index in [1.807, 2.05) is 81.4 Å². The lowest BCUT2D eigenvalue weighted by Crippen LogP contribution is -2.65. The van der Waals surface area contributed by atoms with Crippen molar-refractivity contribution in [2.45, 2.75) is 102 Å². The van der Waals surface area contributed by atoms with Gasteiger partial charge >= 0.3 is 0 Å². The van der Waals surface area contributed by atoms with E-state index < -0.39 is 42.4 Å². The molecule has 3 aliphatic rings. The van der Waals surface area contributed by atoms with E-state index in [2.05, 4.69) is 13.8 Å². The van der Waals surface area contributed by atoms with Crippen molar-refractivity contribution < 1.29 is 38.3 Å². The van der Waals surface area contributed by atoms with E-state index in [-0.39, 0.29) is 17.8 Å². The van der Waals surface area contributed by atoms with Crippen molar-refractivity contribution in [2.75, 3.05) is 19.8 Å². The Bertz CT molecular complexity index is 1050. The first kappa shape index (κ1) is 29.6. The number of aliphatic hydroxyl groups is 1. The van der Waals surface area contributed by atoms with E-state index in [1.54, 1.807) is 0 Å².